The molecule has 3 N–H and O–H groups in total. The molecular weight excluding hydrogens is 180 g/mol. The van der Waals surface area contributed by atoms with Crippen molar-refractivity contribution in [2.24, 2.45) is 5.41 Å². The number of nitrogens with one attached hydrogen (secondary N) is 2. The van der Waals surface area contributed by atoms with Gasteiger partial charge in [-0.1, -0.05) is 13.8 Å². The minimum Gasteiger partial charge on any atom is -0.396 e. The van der Waals surface area contributed by atoms with Crippen molar-refractivity contribution in [3.8, 4) is 0 Å². The van der Waals surface area contributed by atoms with Crippen molar-refractivity contribution >= 4 is 5.91 Å². The van der Waals surface area contributed by atoms with Gasteiger partial charge in [0.15, 0.2) is 0 Å². The molecule has 0 aromatic heterocycles. The van der Waals surface area contributed by atoms with Gasteiger partial charge in [0.05, 0.1) is 0 Å². The predicted octanol–water partition coefficient (Wildman–Crippen LogP) is -0.127. The second kappa shape index (κ2) is 4.75. The lowest BCUT2D eigenvalue weighted by Gasteiger charge is -2.28. The van der Waals surface area contributed by atoms with Crippen molar-refractivity contribution in [3.05, 3.63) is 0 Å². The smallest absolute Gasteiger partial charge is 0.220 e. The maximum atomic E-state index is 10.9. The molecule has 0 radical (unpaired) electrons. The summed E-state index contributed by atoms with van der Waals surface area (Å²) >= 11 is 0. The molecule has 1 heterocycles. The topological polar surface area (TPSA) is 61.4 Å². The normalized spacial score (nSPS) is 23.4. The second-order valence-electron chi connectivity index (χ2n) is 4.74. The fraction of sp³-hybridized carbons (Fsp3) is 0.900. The molecule has 1 rings (SSSR count). The highest BCUT2D eigenvalue weighted by molar-refractivity contribution is 5.76. The minimum absolute atomic E-state index is 0.0819. The van der Waals surface area contributed by atoms with Crippen molar-refractivity contribution in [2.45, 2.75) is 32.7 Å². The summed E-state index contributed by atoms with van der Waals surface area (Å²) in [5, 5.41) is 15.2. The van der Waals surface area contributed by atoms with Gasteiger partial charge in [0.1, 0.15) is 0 Å². The molecule has 4 heteroatoms. The third kappa shape index (κ3) is 3.64. The van der Waals surface area contributed by atoms with Crippen LogP contribution in [0.25, 0.3) is 0 Å². The van der Waals surface area contributed by atoms with Crippen LogP contribution in [0.2, 0.25) is 0 Å². The summed E-state index contributed by atoms with van der Waals surface area (Å²) in [4.78, 5) is 10.9. The van der Waals surface area contributed by atoms with Crippen molar-refractivity contribution in [3.63, 3.8) is 0 Å². The fourth-order valence-corrected chi connectivity index (χ4v) is 1.38. The summed E-state index contributed by atoms with van der Waals surface area (Å²) in [5.41, 5.74) is -0.0819. The molecule has 0 bridgehead atoms. The monoisotopic (exact) mass is 200 g/mol. The summed E-state index contributed by atoms with van der Waals surface area (Å²) in [6.45, 7) is 5.70. The number of hydrogen-bond donors (Lipinski definition) is 3. The first kappa shape index (κ1) is 11.5. The zero-order chi connectivity index (χ0) is 10.6. The molecule has 82 valence electrons. The highest BCUT2D eigenvalue weighted by atomic mass is 16.3. The molecule has 1 unspecified atom stereocenters. The maximum Gasteiger partial charge on any atom is 0.220 e. The lowest BCUT2D eigenvalue weighted by molar-refractivity contribution is -0.122. The van der Waals surface area contributed by atoms with Gasteiger partial charge in [0.2, 0.25) is 5.91 Å². The van der Waals surface area contributed by atoms with Crippen LogP contribution in [0.1, 0.15) is 26.7 Å². The Labute approximate surface area is 85.1 Å². The molecule has 1 aliphatic rings. The molecule has 1 atom stereocenters. The minimum atomic E-state index is -0.0819. The van der Waals surface area contributed by atoms with E-state index < -0.39 is 0 Å². The Morgan fingerprint density at radius 2 is 2.36 bits per heavy atom. The second-order valence-corrected chi connectivity index (χ2v) is 4.74. The van der Waals surface area contributed by atoms with E-state index in [4.69, 9.17) is 5.11 Å². The van der Waals surface area contributed by atoms with Crippen LogP contribution in [0.15, 0.2) is 0 Å². The summed E-state index contributed by atoms with van der Waals surface area (Å²) in [6.07, 6.45) is 1.50. The third-order valence-electron chi connectivity index (χ3n) is 2.56. The number of carbonyl (C=O) groups is 1. The van der Waals surface area contributed by atoms with Crippen LogP contribution < -0.4 is 10.6 Å². The van der Waals surface area contributed by atoms with Crippen molar-refractivity contribution < 1.29 is 9.90 Å². The van der Waals surface area contributed by atoms with Gasteiger partial charge in [-0.3, -0.25) is 4.79 Å². The number of hydrogen-bond acceptors (Lipinski definition) is 3. The first-order chi connectivity index (χ1) is 6.53. The lowest BCUT2D eigenvalue weighted by Crippen LogP contribution is -2.48. The largest absolute Gasteiger partial charge is 0.396 e. The van der Waals surface area contributed by atoms with Crippen LogP contribution in [-0.4, -0.2) is 36.8 Å². The fourth-order valence-electron chi connectivity index (χ4n) is 1.38. The highest BCUT2D eigenvalue weighted by Gasteiger charge is 2.21. The van der Waals surface area contributed by atoms with Crippen molar-refractivity contribution in [2.75, 3.05) is 19.7 Å². The molecule has 0 spiro atoms. The van der Waals surface area contributed by atoms with E-state index in [2.05, 4.69) is 10.6 Å². The van der Waals surface area contributed by atoms with E-state index in [1.807, 2.05) is 13.8 Å². The molecule has 1 fully saturated rings. The Morgan fingerprint density at radius 1 is 1.64 bits per heavy atom. The standard InChI is InChI=1S/C10H20N2O2/c1-10(2,7-13)6-12-8-3-4-9(14)11-5-8/h8,12-13H,3-7H2,1-2H3,(H,11,14). The molecule has 0 aliphatic carbocycles. The van der Waals surface area contributed by atoms with Crippen molar-refractivity contribution in [1.29, 1.82) is 0 Å². The van der Waals surface area contributed by atoms with Gasteiger partial charge in [0, 0.05) is 37.6 Å². The number of piperidine rings is 1. The van der Waals surface area contributed by atoms with Gasteiger partial charge < -0.3 is 15.7 Å². The van der Waals surface area contributed by atoms with Gasteiger partial charge in [-0.05, 0) is 6.42 Å². The van der Waals surface area contributed by atoms with Crippen molar-refractivity contribution in [1.82, 2.24) is 10.6 Å². The predicted molar refractivity (Wildman–Crippen MR) is 54.9 cm³/mol. The summed E-state index contributed by atoms with van der Waals surface area (Å²) in [6, 6.07) is 0.360. The lowest BCUT2D eigenvalue weighted by atomic mass is 9.94. The quantitative estimate of drug-likeness (QED) is 0.592. The number of aliphatic hydroxyl groups is 1. The van der Waals surface area contributed by atoms with E-state index in [9.17, 15) is 4.79 Å². The summed E-state index contributed by atoms with van der Waals surface area (Å²) in [7, 11) is 0. The zero-order valence-corrected chi connectivity index (χ0v) is 8.97. The Hall–Kier alpha value is -0.610. The first-order valence-electron chi connectivity index (χ1n) is 5.14. The van der Waals surface area contributed by atoms with Crippen LogP contribution in [0.3, 0.4) is 0 Å². The summed E-state index contributed by atoms with van der Waals surface area (Å²) in [5.74, 6) is 0.143. The Bertz CT molecular complexity index is 194. The molecule has 1 aliphatic heterocycles. The molecule has 14 heavy (non-hydrogen) atoms. The van der Waals surface area contributed by atoms with Gasteiger partial charge >= 0.3 is 0 Å². The number of aliphatic hydroxyl groups excluding tert-OH is 1. The van der Waals surface area contributed by atoms with Crippen LogP contribution >= 0.6 is 0 Å². The van der Waals surface area contributed by atoms with Crippen LogP contribution in [0.5, 0.6) is 0 Å². The van der Waals surface area contributed by atoms with Crippen LogP contribution in [0, 0.1) is 5.41 Å². The van der Waals surface area contributed by atoms with Gasteiger partial charge in [-0.15, -0.1) is 0 Å². The number of amides is 1. The molecule has 0 aromatic carbocycles. The zero-order valence-electron chi connectivity index (χ0n) is 8.97. The third-order valence-corrected chi connectivity index (χ3v) is 2.56. The Kier molecular flexibility index (Phi) is 3.89. The van der Waals surface area contributed by atoms with E-state index in [0.29, 0.717) is 19.0 Å². The van der Waals surface area contributed by atoms with E-state index >= 15 is 0 Å². The molecular formula is C10H20N2O2. The average Bonchev–Trinajstić information content (AvgIpc) is 2.17. The average molecular weight is 200 g/mol. The van der Waals surface area contributed by atoms with E-state index in [1.54, 1.807) is 0 Å². The van der Waals surface area contributed by atoms with Crippen LogP contribution in [-0.2, 0) is 4.79 Å². The Morgan fingerprint density at radius 3 is 2.86 bits per heavy atom. The SMILES string of the molecule is CC(C)(CO)CNC1CCC(=O)NC1. The maximum absolute atomic E-state index is 10.9. The number of carbonyl (C=O) groups excluding carboxylic acids is 1. The van der Waals surface area contributed by atoms with Gasteiger partial charge in [-0.25, -0.2) is 0 Å². The van der Waals surface area contributed by atoms with Gasteiger partial charge in [-0.2, -0.15) is 0 Å². The molecule has 1 amide bonds. The molecule has 0 saturated carbocycles. The summed E-state index contributed by atoms with van der Waals surface area (Å²) < 4.78 is 0. The van der Waals surface area contributed by atoms with E-state index in [0.717, 1.165) is 13.0 Å². The van der Waals surface area contributed by atoms with E-state index in [-0.39, 0.29) is 17.9 Å². The molecule has 1 saturated heterocycles. The van der Waals surface area contributed by atoms with Gasteiger partial charge in [0.25, 0.3) is 0 Å². The van der Waals surface area contributed by atoms with Crippen LogP contribution in [0.4, 0.5) is 0 Å². The number of rotatable bonds is 4. The first-order valence-corrected chi connectivity index (χ1v) is 5.14. The molecule has 0 aromatic rings. The van der Waals surface area contributed by atoms with E-state index in [1.165, 1.54) is 0 Å². The highest BCUT2D eigenvalue weighted by Crippen LogP contribution is 2.12. The molecule has 4 nitrogen and oxygen atoms in total. The Balaban J connectivity index is 2.22.